The van der Waals surface area contributed by atoms with Crippen molar-refractivity contribution in [2.45, 2.75) is 18.7 Å². The maximum Gasteiger partial charge on any atom is 0.340 e. The number of hydrogen-bond donors (Lipinski definition) is 1. The molecule has 1 rings (SSSR count). The normalized spacial score (nSPS) is 12.5. The number of hydrogen-bond acceptors (Lipinski definition) is 5. The van der Waals surface area contributed by atoms with Crippen LogP contribution in [0.25, 0.3) is 0 Å². The second-order valence-corrected chi connectivity index (χ2v) is 6.18. The summed E-state index contributed by atoms with van der Waals surface area (Å²) in [6, 6.07) is 5.14. The summed E-state index contributed by atoms with van der Waals surface area (Å²) in [5.74, 6) is -0.589. The molecule has 1 aromatic carbocycles. The van der Waals surface area contributed by atoms with E-state index in [1.165, 1.54) is 11.8 Å². The van der Waals surface area contributed by atoms with Crippen LogP contribution >= 0.6 is 34.4 Å². The first-order chi connectivity index (χ1) is 11.1. The maximum atomic E-state index is 11.7. The molecule has 0 saturated carbocycles. The minimum absolute atomic E-state index is 0.351. The molecule has 0 aliphatic carbocycles. The first kappa shape index (κ1) is 19.7. The van der Waals surface area contributed by atoms with Crippen LogP contribution in [-0.2, 0) is 9.53 Å². The van der Waals surface area contributed by atoms with E-state index in [0.29, 0.717) is 11.1 Å². The lowest BCUT2D eigenvalue weighted by Crippen LogP contribution is -2.06. The molecule has 0 bridgehead atoms. The fourth-order valence-corrected chi connectivity index (χ4v) is 3.33. The van der Waals surface area contributed by atoms with E-state index < -0.39 is 12.8 Å². The molecule has 0 aliphatic heterocycles. The third-order valence-corrected chi connectivity index (χ3v) is 4.42. The zero-order valence-corrected chi connectivity index (χ0v) is 15.8. The van der Waals surface area contributed by atoms with E-state index in [4.69, 9.17) is 5.11 Å². The van der Waals surface area contributed by atoms with Gasteiger partial charge < -0.3 is 9.84 Å². The second kappa shape index (κ2) is 10.4. The minimum atomic E-state index is -0.658. The molecule has 0 saturated heterocycles. The monoisotopic (exact) mass is 444 g/mol. The molecule has 0 aromatic heterocycles. The van der Waals surface area contributed by atoms with Crippen LogP contribution in [-0.4, -0.2) is 24.2 Å². The van der Waals surface area contributed by atoms with Crippen LogP contribution in [0.1, 0.15) is 22.8 Å². The van der Waals surface area contributed by atoms with E-state index in [1.807, 2.05) is 24.0 Å². The van der Waals surface area contributed by atoms with Crippen molar-refractivity contribution in [2.75, 3.05) is 6.79 Å². The van der Waals surface area contributed by atoms with Crippen molar-refractivity contribution < 1.29 is 19.4 Å². The summed E-state index contributed by atoms with van der Waals surface area (Å²) in [5.41, 5.74) is 1.89. The van der Waals surface area contributed by atoms with E-state index in [1.54, 1.807) is 30.4 Å². The first-order valence-corrected chi connectivity index (χ1v) is 8.79. The fourth-order valence-electron chi connectivity index (χ4n) is 1.70. The zero-order valence-electron chi connectivity index (χ0n) is 12.8. The Morgan fingerprint density at radius 2 is 2.13 bits per heavy atom. The number of aliphatic hydroxyl groups is 1. The number of aliphatic hydroxyl groups excluding tert-OH is 1. The highest BCUT2D eigenvalue weighted by Crippen LogP contribution is 2.33. The van der Waals surface area contributed by atoms with Gasteiger partial charge in [0.05, 0.1) is 5.56 Å². The number of carbonyl (C=O) groups is 2. The Bertz CT molecular complexity index is 663. The van der Waals surface area contributed by atoms with Crippen molar-refractivity contribution in [3.8, 4) is 0 Å². The highest BCUT2D eigenvalue weighted by molar-refractivity contribution is 14.1. The Balaban J connectivity index is 3.26. The molecule has 0 aliphatic rings. The standard InChI is InChI=1S/C17H17IO4S/c1-3-4-14(10-19)15(7-8-18)23-16-9-13(6-5-12(16)2)17(21)22-11-20/h3-10,20H,11H2,1-2H3/b4-3+,8-7-,15-14-. The topological polar surface area (TPSA) is 63.6 Å². The molecular weight excluding hydrogens is 427 g/mol. The van der Waals surface area contributed by atoms with Gasteiger partial charge in [0.1, 0.15) is 0 Å². The van der Waals surface area contributed by atoms with Gasteiger partial charge in [0.2, 0.25) is 0 Å². The Labute approximate surface area is 153 Å². The van der Waals surface area contributed by atoms with E-state index in [-0.39, 0.29) is 0 Å². The number of benzene rings is 1. The number of thioether (sulfide) groups is 1. The van der Waals surface area contributed by atoms with Crippen molar-refractivity contribution in [3.63, 3.8) is 0 Å². The van der Waals surface area contributed by atoms with E-state index in [0.717, 1.165) is 21.7 Å². The van der Waals surface area contributed by atoms with Crippen molar-refractivity contribution >= 4 is 46.6 Å². The number of carbonyl (C=O) groups excluding carboxylic acids is 2. The quantitative estimate of drug-likeness (QED) is 0.130. The Morgan fingerprint density at radius 1 is 1.39 bits per heavy atom. The van der Waals surface area contributed by atoms with Crippen molar-refractivity contribution in [2.24, 2.45) is 0 Å². The molecule has 122 valence electrons. The lowest BCUT2D eigenvalue weighted by molar-refractivity contribution is -0.104. The minimum Gasteiger partial charge on any atom is -0.435 e. The van der Waals surface area contributed by atoms with E-state index in [2.05, 4.69) is 27.3 Å². The summed E-state index contributed by atoms with van der Waals surface area (Å²) in [6.45, 7) is 3.11. The molecule has 0 heterocycles. The molecule has 0 fully saturated rings. The van der Waals surface area contributed by atoms with Crippen LogP contribution in [0, 0.1) is 6.92 Å². The second-order valence-electron chi connectivity index (χ2n) is 4.37. The van der Waals surface area contributed by atoms with Crippen molar-refractivity contribution in [1.82, 2.24) is 0 Å². The van der Waals surface area contributed by atoms with Crippen molar-refractivity contribution in [1.29, 1.82) is 0 Å². The third-order valence-electron chi connectivity index (χ3n) is 2.81. The summed E-state index contributed by atoms with van der Waals surface area (Å²) in [7, 11) is 0. The number of ether oxygens (including phenoxy) is 1. The Hall–Kier alpha value is -1.38. The summed E-state index contributed by atoms with van der Waals surface area (Å²) in [5, 5.41) is 8.69. The molecule has 23 heavy (non-hydrogen) atoms. The van der Waals surface area contributed by atoms with Gasteiger partial charge in [0.15, 0.2) is 13.1 Å². The maximum absolute atomic E-state index is 11.7. The highest BCUT2D eigenvalue weighted by Gasteiger charge is 2.11. The zero-order chi connectivity index (χ0) is 17.2. The summed E-state index contributed by atoms with van der Waals surface area (Å²) in [4.78, 5) is 24.6. The van der Waals surface area contributed by atoms with Gasteiger partial charge in [-0.15, -0.1) is 0 Å². The van der Waals surface area contributed by atoms with Crippen LogP contribution in [0.15, 0.2) is 55.9 Å². The molecule has 0 radical (unpaired) electrons. The predicted molar refractivity (Wildman–Crippen MR) is 101 cm³/mol. The third kappa shape index (κ3) is 5.96. The average Bonchev–Trinajstić information content (AvgIpc) is 2.54. The smallest absolute Gasteiger partial charge is 0.340 e. The largest absolute Gasteiger partial charge is 0.435 e. The van der Waals surface area contributed by atoms with Crippen LogP contribution in [0.5, 0.6) is 0 Å². The highest BCUT2D eigenvalue weighted by atomic mass is 127. The van der Waals surface area contributed by atoms with Gasteiger partial charge in [0, 0.05) is 15.4 Å². The molecule has 0 spiro atoms. The number of aryl methyl sites for hydroxylation is 1. The molecule has 0 amide bonds. The summed E-state index contributed by atoms with van der Waals surface area (Å²) >= 11 is 3.49. The number of rotatable bonds is 7. The Morgan fingerprint density at radius 3 is 2.70 bits per heavy atom. The summed E-state index contributed by atoms with van der Waals surface area (Å²) < 4.78 is 6.42. The molecule has 1 N–H and O–H groups in total. The number of esters is 1. The Kier molecular flexibility index (Phi) is 8.90. The van der Waals surface area contributed by atoms with Gasteiger partial charge in [-0.25, -0.2) is 4.79 Å². The van der Waals surface area contributed by atoms with E-state index >= 15 is 0 Å². The van der Waals surface area contributed by atoms with Crippen LogP contribution in [0.2, 0.25) is 0 Å². The SMILES string of the molecule is C/C=C/C(C=O)=C(\C=C/I)Sc1cc(C(=O)OCO)ccc1C. The van der Waals surface area contributed by atoms with Gasteiger partial charge in [-0.1, -0.05) is 52.6 Å². The fraction of sp³-hybridized carbons (Fsp3) is 0.176. The molecule has 0 atom stereocenters. The molecule has 1 aromatic rings. The lowest BCUT2D eigenvalue weighted by Gasteiger charge is -2.10. The van der Waals surface area contributed by atoms with Crippen LogP contribution in [0.4, 0.5) is 0 Å². The summed E-state index contributed by atoms with van der Waals surface area (Å²) in [6.07, 6.45) is 6.18. The predicted octanol–water partition coefficient (Wildman–Crippen LogP) is 4.17. The van der Waals surface area contributed by atoms with Gasteiger partial charge in [-0.05, 0) is 41.7 Å². The average molecular weight is 444 g/mol. The van der Waals surface area contributed by atoms with Gasteiger partial charge in [-0.2, -0.15) is 0 Å². The number of allylic oxidation sites excluding steroid dienone is 4. The molecule has 0 unspecified atom stereocenters. The van der Waals surface area contributed by atoms with Crippen molar-refractivity contribution in [3.05, 3.63) is 62.1 Å². The van der Waals surface area contributed by atoms with Gasteiger partial charge in [0.25, 0.3) is 0 Å². The molecule has 4 nitrogen and oxygen atoms in total. The first-order valence-electron chi connectivity index (χ1n) is 6.72. The van der Waals surface area contributed by atoms with E-state index in [9.17, 15) is 9.59 Å². The number of halogens is 1. The van der Waals surface area contributed by atoms with Crippen LogP contribution < -0.4 is 0 Å². The van der Waals surface area contributed by atoms with Gasteiger partial charge in [-0.3, -0.25) is 4.79 Å². The van der Waals surface area contributed by atoms with Crippen LogP contribution in [0.3, 0.4) is 0 Å². The molecule has 6 heteroatoms. The number of aldehydes is 1. The lowest BCUT2D eigenvalue weighted by atomic mass is 10.1. The van der Waals surface area contributed by atoms with Gasteiger partial charge >= 0.3 is 5.97 Å². The molecular formula is C17H17IO4S.